The zero-order chi connectivity index (χ0) is 15.2. The molecule has 1 aromatic carbocycles. The molecule has 2 rings (SSSR count). The summed E-state index contributed by atoms with van der Waals surface area (Å²) in [6.07, 6.45) is 1.58. The lowest BCUT2D eigenvalue weighted by Crippen LogP contribution is -2.07. The third-order valence-corrected chi connectivity index (χ3v) is 3.18. The summed E-state index contributed by atoms with van der Waals surface area (Å²) >= 11 is 6.00. The van der Waals surface area contributed by atoms with Crippen LogP contribution in [0.5, 0.6) is 5.75 Å². The van der Waals surface area contributed by atoms with E-state index in [1.807, 2.05) is 13.1 Å². The fourth-order valence-electron chi connectivity index (χ4n) is 1.80. The van der Waals surface area contributed by atoms with Gasteiger partial charge in [0.15, 0.2) is 0 Å². The molecule has 0 unspecified atom stereocenters. The average Bonchev–Trinajstić information content (AvgIpc) is 2.47. The van der Waals surface area contributed by atoms with Gasteiger partial charge in [0, 0.05) is 12.6 Å². The number of aromatic nitrogens is 1. The number of nitro benzene ring substituents is 1. The number of hydrogen-bond donors (Lipinski definition) is 1. The van der Waals surface area contributed by atoms with Crippen molar-refractivity contribution in [2.75, 3.05) is 7.05 Å². The van der Waals surface area contributed by atoms with Gasteiger partial charge in [0.05, 0.1) is 27.4 Å². The second kappa shape index (κ2) is 7.01. The fourth-order valence-corrected chi connectivity index (χ4v) is 2.02. The van der Waals surface area contributed by atoms with Gasteiger partial charge >= 0.3 is 0 Å². The summed E-state index contributed by atoms with van der Waals surface area (Å²) in [6.45, 7) is 0.680. The van der Waals surface area contributed by atoms with E-state index in [1.54, 1.807) is 18.3 Å². The second-order valence-electron chi connectivity index (χ2n) is 4.30. The number of ether oxygens (including phenoxy) is 1. The summed E-state index contributed by atoms with van der Waals surface area (Å²) in [5, 5.41) is 14.3. The standard InChI is InChI=1S/C14H14ClN3O3/c1-16-7-10-5-6-11(8-17-10)21-9-12-13(15)3-2-4-14(12)18(19)20/h2-6,8,16H,7,9H2,1H3. The van der Waals surface area contributed by atoms with Crippen LogP contribution in [0.4, 0.5) is 5.69 Å². The molecule has 0 aliphatic heterocycles. The lowest BCUT2D eigenvalue weighted by molar-refractivity contribution is -0.385. The van der Waals surface area contributed by atoms with Crippen molar-refractivity contribution in [3.8, 4) is 5.75 Å². The molecule has 0 saturated heterocycles. The maximum Gasteiger partial charge on any atom is 0.277 e. The first-order chi connectivity index (χ1) is 10.1. The molecule has 0 aliphatic rings. The summed E-state index contributed by atoms with van der Waals surface area (Å²) in [4.78, 5) is 14.7. The molecule has 0 spiro atoms. The molecule has 0 aliphatic carbocycles. The molecule has 6 nitrogen and oxygen atoms in total. The van der Waals surface area contributed by atoms with Crippen molar-refractivity contribution >= 4 is 17.3 Å². The maximum absolute atomic E-state index is 11.0. The van der Waals surface area contributed by atoms with E-state index in [1.165, 1.54) is 12.1 Å². The third kappa shape index (κ3) is 3.90. The first-order valence-electron chi connectivity index (χ1n) is 6.26. The molecule has 0 amide bonds. The zero-order valence-corrected chi connectivity index (χ0v) is 12.1. The largest absolute Gasteiger partial charge is 0.487 e. The quantitative estimate of drug-likeness (QED) is 0.656. The summed E-state index contributed by atoms with van der Waals surface area (Å²) in [5.41, 5.74) is 1.18. The highest BCUT2D eigenvalue weighted by molar-refractivity contribution is 6.31. The predicted molar refractivity (Wildman–Crippen MR) is 79.4 cm³/mol. The minimum Gasteiger partial charge on any atom is -0.487 e. The SMILES string of the molecule is CNCc1ccc(OCc2c(Cl)cccc2[N+](=O)[O-])cn1. The Labute approximate surface area is 126 Å². The summed E-state index contributed by atoms with van der Waals surface area (Å²) in [5.74, 6) is 0.532. The van der Waals surface area contributed by atoms with Gasteiger partial charge in [-0.05, 0) is 25.2 Å². The Bertz CT molecular complexity index is 632. The van der Waals surface area contributed by atoms with Crippen LogP contribution in [0.15, 0.2) is 36.5 Å². The van der Waals surface area contributed by atoms with Crippen molar-refractivity contribution in [3.05, 3.63) is 62.9 Å². The first kappa shape index (κ1) is 15.2. The molecular weight excluding hydrogens is 294 g/mol. The van der Waals surface area contributed by atoms with E-state index in [-0.39, 0.29) is 12.3 Å². The monoisotopic (exact) mass is 307 g/mol. The van der Waals surface area contributed by atoms with Gasteiger partial charge < -0.3 is 10.1 Å². The molecule has 2 aromatic rings. The van der Waals surface area contributed by atoms with Crippen LogP contribution in [-0.2, 0) is 13.2 Å². The Morgan fingerprint density at radius 2 is 2.19 bits per heavy atom. The van der Waals surface area contributed by atoms with Crippen LogP contribution in [0.1, 0.15) is 11.3 Å². The van der Waals surface area contributed by atoms with Gasteiger partial charge in [-0.3, -0.25) is 15.1 Å². The molecule has 0 atom stereocenters. The van der Waals surface area contributed by atoms with Crippen molar-refractivity contribution < 1.29 is 9.66 Å². The second-order valence-corrected chi connectivity index (χ2v) is 4.71. The number of nitrogens with one attached hydrogen (secondary N) is 1. The van der Waals surface area contributed by atoms with Crippen LogP contribution < -0.4 is 10.1 Å². The Morgan fingerprint density at radius 3 is 2.81 bits per heavy atom. The van der Waals surface area contributed by atoms with E-state index < -0.39 is 4.92 Å². The van der Waals surface area contributed by atoms with Crippen molar-refractivity contribution in [2.45, 2.75) is 13.2 Å². The van der Waals surface area contributed by atoms with Crippen molar-refractivity contribution in [3.63, 3.8) is 0 Å². The maximum atomic E-state index is 11.0. The molecule has 0 bridgehead atoms. The summed E-state index contributed by atoms with van der Waals surface area (Å²) in [7, 11) is 1.84. The van der Waals surface area contributed by atoms with Crippen LogP contribution in [0.25, 0.3) is 0 Å². The first-order valence-corrected chi connectivity index (χ1v) is 6.63. The highest BCUT2D eigenvalue weighted by Crippen LogP contribution is 2.27. The number of nitro groups is 1. The van der Waals surface area contributed by atoms with Crippen LogP contribution in [0, 0.1) is 10.1 Å². The lowest BCUT2D eigenvalue weighted by Gasteiger charge is -2.08. The molecule has 0 fully saturated rings. The highest BCUT2D eigenvalue weighted by atomic mass is 35.5. The van der Waals surface area contributed by atoms with E-state index in [9.17, 15) is 10.1 Å². The van der Waals surface area contributed by atoms with E-state index in [4.69, 9.17) is 16.3 Å². The Kier molecular flexibility index (Phi) is 5.08. The Hall–Kier alpha value is -2.18. The van der Waals surface area contributed by atoms with Crippen LogP contribution in [0.2, 0.25) is 5.02 Å². The van der Waals surface area contributed by atoms with Gasteiger partial charge in [0.2, 0.25) is 0 Å². The normalized spacial score (nSPS) is 10.4. The smallest absolute Gasteiger partial charge is 0.277 e. The number of hydrogen-bond acceptors (Lipinski definition) is 5. The highest BCUT2D eigenvalue weighted by Gasteiger charge is 2.17. The Balaban J connectivity index is 2.11. The van der Waals surface area contributed by atoms with Gasteiger partial charge in [-0.25, -0.2) is 0 Å². The van der Waals surface area contributed by atoms with Gasteiger partial charge in [-0.15, -0.1) is 0 Å². The molecule has 1 aromatic heterocycles. The number of benzene rings is 1. The van der Waals surface area contributed by atoms with Gasteiger partial charge in [-0.1, -0.05) is 17.7 Å². The van der Waals surface area contributed by atoms with Crippen LogP contribution in [0.3, 0.4) is 0 Å². The molecule has 7 heteroatoms. The molecule has 110 valence electrons. The lowest BCUT2D eigenvalue weighted by atomic mass is 10.2. The van der Waals surface area contributed by atoms with Crippen LogP contribution in [-0.4, -0.2) is 17.0 Å². The zero-order valence-electron chi connectivity index (χ0n) is 11.4. The predicted octanol–water partition coefficient (Wildman–Crippen LogP) is 2.94. The van der Waals surface area contributed by atoms with Crippen molar-refractivity contribution in [1.82, 2.24) is 10.3 Å². The third-order valence-electron chi connectivity index (χ3n) is 2.83. The fraction of sp³-hybridized carbons (Fsp3) is 0.214. The minimum atomic E-state index is -0.473. The van der Waals surface area contributed by atoms with Gasteiger partial charge in [-0.2, -0.15) is 0 Å². The number of halogens is 1. The minimum absolute atomic E-state index is 0.0169. The number of pyridine rings is 1. The van der Waals surface area contributed by atoms with Crippen molar-refractivity contribution in [2.24, 2.45) is 0 Å². The van der Waals surface area contributed by atoms with Gasteiger partial charge in [0.1, 0.15) is 12.4 Å². The molecule has 21 heavy (non-hydrogen) atoms. The summed E-state index contributed by atoms with van der Waals surface area (Å²) in [6, 6.07) is 8.13. The van der Waals surface area contributed by atoms with E-state index >= 15 is 0 Å². The van der Waals surface area contributed by atoms with Crippen LogP contribution >= 0.6 is 11.6 Å². The molecular formula is C14H14ClN3O3. The molecule has 1 N–H and O–H groups in total. The van der Waals surface area contributed by atoms with Crippen molar-refractivity contribution in [1.29, 1.82) is 0 Å². The van der Waals surface area contributed by atoms with Gasteiger partial charge in [0.25, 0.3) is 5.69 Å². The average molecular weight is 308 g/mol. The molecule has 1 heterocycles. The van der Waals surface area contributed by atoms with E-state index in [0.717, 1.165) is 5.69 Å². The Morgan fingerprint density at radius 1 is 1.38 bits per heavy atom. The summed E-state index contributed by atoms with van der Waals surface area (Å²) < 4.78 is 5.53. The topological polar surface area (TPSA) is 77.3 Å². The van der Waals surface area contributed by atoms with E-state index in [0.29, 0.717) is 22.9 Å². The van der Waals surface area contributed by atoms with E-state index in [2.05, 4.69) is 10.3 Å². The molecule has 0 radical (unpaired) electrons. The number of nitrogens with zero attached hydrogens (tertiary/aromatic N) is 2. The molecule has 0 saturated carbocycles. The number of rotatable bonds is 6.